The third kappa shape index (κ3) is 2.65. The number of aryl methyl sites for hydroxylation is 1. The minimum absolute atomic E-state index is 0.118. The first-order chi connectivity index (χ1) is 10.7. The molecule has 112 valence electrons. The monoisotopic (exact) mass is 296 g/mol. The molecule has 5 heteroatoms. The Morgan fingerprint density at radius 2 is 1.95 bits per heavy atom. The van der Waals surface area contributed by atoms with E-state index in [1.54, 1.807) is 19.1 Å². The largest absolute Gasteiger partial charge is 0.461 e. The average molecular weight is 296 g/mol. The summed E-state index contributed by atoms with van der Waals surface area (Å²) in [6.45, 7) is 3.67. The first-order valence-electron chi connectivity index (χ1n) is 7.02. The standard InChI is InChI=1S/C17H16N2O3/c1-11(13-7-4-3-5-8-13)18-17(20)15-12(2)19-22-16(15)14-9-6-10-21-14/h3-11H,1-2H3,(H,18,20). The number of hydrogen-bond donors (Lipinski definition) is 1. The van der Waals surface area contributed by atoms with Crippen LogP contribution in [-0.2, 0) is 0 Å². The molecule has 22 heavy (non-hydrogen) atoms. The van der Waals surface area contributed by atoms with E-state index in [9.17, 15) is 4.79 Å². The molecule has 1 atom stereocenters. The molecule has 0 bridgehead atoms. The van der Waals surface area contributed by atoms with Gasteiger partial charge in [-0.15, -0.1) is 0 Å². The highest BCUT2D eigenvalue weighted by atomic mass is 16.5. The summed E-state index contributed by atoms with van der Waals surface area (Å²) in [5, 5.41) is 6.84. The lowest BCUT2D eigenvalue weighted by atomic mass is 10.1. The van der Waals surface area contributed by atoms with E-state index < -0.39 is 0 Å². The maximum Gasteiger partial charge on any atom is 0.257 e. The molecule has 0 fully saturated rings. The van der Waals surface area contributed by atoms with Crippen molar-refractivity contribution in [1.82, 2.24) is 10.5 Å². The number of nitrogens with zero attached hydrogens (tertiary/aromatic N) is 1. The van der Waals surface area contributed by atoms with Gasteiger partial charge >= 0.3 is 0 Å². The van der Waals surface area contributed by atoms with Crippen molar-refractivity contribution in [1.29, 1.82) is 0 Å². The summed E-state index contributed by atoms with van der Waals surface area (Å²) in [5.74, 6) is 0.597. The lowest BCUT2D eigenvalue weighted by Gasteiger charge is -2.14. The van der Waals surface area contributed by atoms with Gasteiger partial charge in [0.1, 0.15) is 5.56 Å². The fourth-order valence-corrected chi connectivity index (χ4v) is 2.31. The van der Waals surface area contributed by atoms with Gasteiger partial charge in [-0.25, -0.2) is 0 Å². The van der Waals surface area contributed by atoms with Crippen LogP contribution in [0.2, 0.25) is 0 Å². The summed E-state index contributed by atoms with van der Waals surface area (Å²) >= 11 is 0. The zero-order valence-corrected chi connectivity index (χ0v) is 12.4. The molecule has 1 aromatic carbocycles. The SMILES string of the molecule is Cc1noc(-c2ccco2)c1C(=O)NC(C)c1ccccc1. The molecule has 3 aromatic rings. The van der Waals surface area contributed by atoms with Crippen LogP contribution in [0.1, 0.15) is 34.6 Å². The second-order valence-corrected chi connectivity index (χ2v) is 5.06. The first kappa shape index (κ1) is 14.1. The molecular weight excluding hydrogens is 280 g/mol. The summed E-state index contributed by atoms with van der Waals surface area (Å²) in [6.07, 6.45) is 1.53. The van der Waals surface area contributed by atoms with E-state index >= 15 is 0 Å². The third-order valence-corrected chi connectivity index (χ3v) is 3.48. The van der Waals surface area contributed by atoms with Gasteiger partial charge in [0.25, 0.3) is 5.91 Å². The Kier molecular flexibility index (Phi) is 3.78. The van der Waals surface area contributed by atoms with Crippen molar-refractivity contribution in [3.8, 4) is 11.5 Å². The number of hydrogen-bond acceptors (Lipinski definition) is 4. The van der Waals surface area contributed by atoms with Gasteiger partial charge in [0, 0.05) is 0 Å². The van der Waals surface area contributed by atoms with Gasteiger partial charge in [0.15, 0.2) is 5.76 Å². The fourth-order valence-electron chi connectivity index (χ4n) is 2.31. The molecule has 0 aliphatic carbocycles. The normalized spacial score (nSPS) is 12.1. The number of carbonyl (C=O) groups is 1. The zero-order valence-electron chi connectivity index (χ0n) is 12.4. The Balaban J connectivity index is 1.86. The molecule has 1 unspecified atom stereocenters. The van der Waals surface area contributed by atoms with E-state index in [2.05, 4.69) is 10.5 Å². The molecule has 2 heterocycles. The van der Waals surface area contributed by atoms with Gasteiger partial charge in [-0.3, -0.25) is 4.79 Å². The zero-order chi connectivity index (χ0) is 15.5. The van der Waals surface area contributed by atoms with Gasteiger partial charge in [0.2, 0.25) is 5.76 Å². The summed E-state index contributed by atoms with van der Waals surface area (Å²) in [6, 6.07) is 13.1. The second kappa shape index (κ2) is 5.89. The lowest BCUT2D eigenvalue weighted by molar-refractivity contribution is 0.0939. The summed E-state index contributed by atoms with van der Waals surface area (Å²) in [4.78, 5) is 12.6. The first-order valence-corrected chi connectivity index (χ1v) is 7.02. The van der Waals surface area contributed by atoms with E-state index in [4.69, 9.17) is 8.94 Å². The van der Waals surface area contributed by atoms with Crippen LogP contribution in [0, 0.1) is 6.92 Å². The number of amides is 1. The van der Waals surface area contributed by atoms with Crippen molar-refractivity contribution in [3.05, 3.63) is 65.5 Å². The predicted octanol–water partition coefficient (Wildman–Crippen LogP) is 3.73. The predicted molar refractivity (Wildman–Crippen MR) is 81.3 cm³/mol. The summed E-state index contributed by atoms with van der Waals surface area (Å²) < 4.78 is 10.5. The Labute approximate surface area is 127 Å². The molecule has 0 saturated carbocycles. The maximum atomic E-state index is 12.6. The molecule has 0 radical (unpaired) electrons. The number of nitrogens with one attached hydrogen (secondary N) is 1. The van der Waals surface area contributed by atoms with Crippen LogP contribution in [-0.4, -0.2) is 11.1 Å². The smallest absolute Gasteiger partial charge is 0.257 e. The van der Waals surface area contributed by atoms with Crippen LogP contribution >= 0.6 is 0 Å². The quantitative estimate of drug-likeness (QED) is 0.796. The van der Waals surface area contributed by atoms with Gasteiger partial charge in [-0.2, -0.15) is 0 Å². The van der Waals surface area contributed by atoms with Crippen molar-refractivity contribution >= 4 is 5.91 Å². The minimum atomic E-state index is -0.235. The van der Waals surface area contributed by atoms with E-state index in [0.717, 1.165) is 5.56 Å². The van der Waals surface area contributed by atoms with Crippen molar-refractivity contribution < 1.29 is 13.7 Å². The Bertz CT molecular complexity index is 761. The van der Waals surface area contributed by atoms with Crippen molar-refractivity contribution in [2.45, 2.75) is 19.9 Å². The van der Waals surface area contributed by atoms with Crippen molar-refractivity contribution in [2.24, 2.45) is 0 Å². The van der Waals surface area contributed by atoms with E-state index in [1.165, 1.54) is 6.26 Å². The van der Waals surface area contributed by atoms with E-state index in [1.807, 2.05) is 37.3 Å². The Hall–Kier alpha value is -2.82. The van der Waals surface area contributed by atoms with Crippen LogP contribution in [0.3, 0.4) is 0 Å². The highest BCUT2D eigenvalue weighted by molar-refractivity contribution is 6.00. The lowest BCUT2D eigenvalue weighted by Crippen LogP contribution is -2.27. The average Bonchev–Trinajstić information content (AvgIpc) is 3.17. The molecule has 3 rings (SSSR count). The van der Waals surface area contributed by atoms with Crippen molar-refractivity contribution in [3.63, 3.8) is 0 Å². The minimum Gasteiger partial charge on any atom is -0.461 e. The molecule has 1 N–H and O–H groups in total. The van der Waals surface area contributed by atoms with Gasteiger partial charge in [-0.1, -0.05) is 35.5 Å². The summed E-state index contributed by atoms with van der Waals surface area (Å²) in [7, 11) is 0. The number of rotatable bonds is 4. The Morgan fingerprint density at radius 1 is 1.18 bits per heavy atom. The number of aromatic nitrogens is 1. The number of benzene rings is 1. The molecule has 0 saturated heterocycles. The van der Waals surface area contributed by atoms with E-state index in [-0.39, 0.29) is 11.9 Å². The molecular formula is C17H16N2O3. The van der Waals surface area contributed by atoms with Gasteiger partial charge in [0.05, 0.1) is 18.0 Å². The molecule has 1 amide bonds. The number of carbonyl (C=O) groups excluding carboxylic acids is 1. The molecule has 0 aliphatic heterocycles. The van der Waals surface area contributed by atoms with Gasteiger partial charge < -0.3 is 14.3 Å². The van der Waals surface area contributed by atoms with Gasteiger partial charge in [-0.05, 0) is 31.5 Å². The molecule has 0 aliphatic rings. The maximum absolute atomic E-state index is 12.6. The third-order valence-electron chi connectivity index (χ3n) is 3.48. The molecule has 5 nitrogen and oxygen atoms in total. The van der Waals surface area contributed by atoms with Crippen LogP contribution < -0.4 is 5.32 Å². The van der Waals surface area contributed by atoms with Crippen LogP contribution in [0.5, 0.6) is 0 Å². The highest BCUT2D eigenvalue weighted by Crippen LogP contribution is 2.27. The Morgan fingerprint density at radius 3 is 2.64 bits per heavy atom. The second-order valence-electron chi connectivity index (χ2n) is 5.06. The number of furan rings is 1. The van der Waals surface area contributed by atoms with Crippen LogP contribution in [0.4, 0.5) is 0 Å². The molecule has 0 spiro atoms. The fraction of sp³-hybridized carbons (Fsp3) is 0.176. The molecule has 2 aromatic heterocycles. The van der Waals surface area contributed by atoms with Crippen LogP contribution in [0.15, 0.2) is 57.7 Å². The highest BCUT2D eigenvalue weighted by Gasteiger charge is 2.24. The topological polar surface area (TPSA) is 68.3 Å². The van der Waals surface area contributed by atoms with Crippen molar-refractivity contribution in [2.75, 3.05) is 0 Å². The van der Waals surface area contributed by atoms with Crippen LogP contribution in [0.25, 0.3) is 11.5 Å². The summed E-state index contributed by atoms with van der Waals surface area (Å²) in [5.41, 5.74) is 1.96. The van der Waals surface area contributed by atoms with E-state index in [0.29, 0.717) is 22.8 Å².